The van der Waals surface area contributed by atoms with Gasteiger partial charge in [-0.2, -0.15) is 0 Å². The molecule has 2 amide bonds. The van der Waals surface area contributed by atoms with E-state index in [1.807, 2.05) is 6.92 Å². The minimum Gasteiger partial charge on any atom is -0.496 e. The molecular weight excluding hydrogens is 302 g/mol. The van der Waals surface area contributed by atoms with Gasteiger partial charge >= 0.3 is 0 Å². The highest BCUT2D eigenvalue weighted by Crippen LogP contribution is 2.37. The standard InChI is InChI=1S/C16H15NO4S/c1-5-8-17-15(18)13(22-16(17)19)9-11-6-7-12(20-3)10(2)14(11)21-4/h1,6-7,9H,8H2,2-4H3/b13-9-. The fourth-order valence-electron chi connectivity index (χ4n) is 2.17. The number of carbonyl (C=O) groups excluding carboxylic acids is 2. The molecule has 0 radical (unpaired) electrons. The third-order valence-electron chi connectivity index (χ3n) is 3.22. The van der Waals surface area contributed by atoms with E-state index in [1.165, 1.54) is 0 Å². The number of amides is 2. The number of rotatable bonds is 4. The third kappa shape index (κ3) is 2.81. The van der Waals surface area contributed by atoms with Crippen LogP contribution < -0.4 is 9.47 Å². The van der Waals surface area contributed by atoms with Gasteiger partial charge in [-0.3, -0.25) is 14.5 Å². The van der Waals surface area contributed by atoms with Crippen molar-refractivity contribution in [2.45, 2.75) is 6.92 Å². The number of hydrogen-bond donors (Lipinski definition) is 0. The quantitative estimate of drug-likeness (QED) is 0.631. The highest BCUT2D eigenvalue weighted by molar-refractivity contribution is 8.18. The summed E-state index contributed by atoms with van der Waals surface area (Å²) in [6.07, 6.45) is 6.80. The third-order valence-corrected chi connectivity index (χ3v) is 4.13. The van der Waals surface area contributed by atoms with E-state index in [-0.39, 0.29) is 17.7 Å². The lowest BCUT2D eigenvalue weighted by Crippen LogP contribution is -2.28. The van der Waals surface area contributed by atoms with Gasteiger partial charge in [0.25, 0.3) is 11.1 Å². The van der Waals surface area contributed by atoms with Gasteiger partial charge in [0, 0.05) is 11.1 Å². The van der Waals surface area contributed by atoms with Crippen LogP contribution in [0, 0.1) is 19.3 Å². The first-order valence-corrected chi connectivity index (χ1v) is 7.25. The second-order valence-corrected chi connectivity index (χ2v) is 5.48. The summed E-state index contributed by atoms with van der Waals surface area (Å²) in [5.41, 5.74) is 1.52. The summed E-state index contributed by atoms with van der Waals surface area (Å²) in [5, 5.41) is -0.363. The molecule has 0 bridgehead atoms. The summed E-state index contributed by atoms with van der Waals surface area (Å²) in [5.74, 6) is 3.21. The summed E-state index contributed by atoms with van der Waals surface area (Å²) in [4.78, 5) is 25.3. The first-order valence-electron chi connectivity index (χ1n) is 6.43. The molecule has 0 unspecified atom stereocenters. The van der Waals surface area contributed by atoms with Crippen LogP contribution >= 0.6 is 11.8 Å². The molecule has 5 nitrogen and oxygen atoms in total. The molecule has 1 saturated heterocycles. The summed E-state index contributed by atoms with van der Waals surface area (Å²) in [7, 11) is 3.12. The topological polar surface area (TPSA) is 55.8 Å². The van der Waals surface area contributed by atoms with E-state index in [1.54, 1.807) is 32.4 Å². The van der Waals surface area contributed by atoms with Crippen LogP contribution in [-0.2, 0) is 4.79 Å². The maximum atomic E-state index is 12.2. The van der Waals surface area contributed by atoms with Crippen LogP contribution in [0.5, 0.6) is 11.5 Å². The van der Waals surface area contributed by atoms with Gasteiger partial charge in [-0.05, 0) is 36.9 Å². The highest BCUT2D eigenvalue weighted by Gasteiger charge is 2.34. The number of carbonyl (C=O) groups is 2. The fourth-order valence-corrected chi connectivity index (χ4v) is 3.00. The second kappa shape index (κ2) is 6.58. The van der Waals surface area contributed by atoms with Crippen LogP contribution in [0.25, 0.3) is 6.08 Å². The molecule has 0 spiro atoms. The normalized spacial score (nSPS) is 16.1. The first kappa shape index (κ1) is 16.0. The number of imide groups is 1. The zero-order chi connectivity index (χ0) is 16.3. The number of hydrogen-bond acceptors (Lipinski definition) is 5. The van der Waals surface area contributed by atoms with Crippen LogP contribution in [0.2, 0.25) is 0 Å². The molecule has 114 valence electrons. The monoisotopic (exact) mass is 317 g/mol. The van der Waals surface area contributed by atoms with Gasteiger partial charge in [-0.1, -0.05) is 5.92 Å². The Morgan fingerprint density at radius 2 is 2.05 bits per heavy atom. The van der Waals surface area contributed by atoms with Crippen LogP contribution in [0.4, 0.5) is 4.79 Å². The number of ether oxygens (including phenoxy) is 2. The van der Waals surface area contributed by atoms with Crippen LogP contribution in [0.15, 0.2) is 17.0 Å². The zero-order valence-corrected chi connectivity index (χ0v) is 13.3. The molecule has 1 aliphatic rings. The minimum absolute atomic E-state index is 0.0270. The predicted molar refractivity (Wildman–Crippen MR) is 85.8 cm³/mol. The average Bonchev–Trinajstić information content (AvgIpc) is 2.76. The molecule has 0 atom stereocenters. The second-order valence-electron chi connectivity index (χ2n) is 4.49. The van der Waals surface area contributed by atoms with Crippen molar-refractivity contribution in [3.63, 3.8) is 0 Å². The molecule has 0 aliphatic carbocycles. The molecule has 1 aromatic rings. The number of benzene rings is 1. The van der Waals surface area contributed by atoms with Gasteiger partial charge in [0.1, 0.15) is 11.5 Å². The Bertz CT molecular complexity index is 703. The molecule has 22 heavy (non-hydrogen) atoms. The van der Waals surface area contributed by atoms with Crippen molar-refractivity contribution in [1.82, 2.24) is 4.90 Å². The van der Waals surface area contributed by atoms with Crippen molar-refractivity contribution in [1.29, 1.82) is 0 Å². The van der Waals surface area contributed by atoms with E-state index in [2.05, 4.69) is 5.92 Å². The van der Waals surface area contributed by atoms with Gasteiger partial charge in [0.15, 0.2) is 0 Å². The molecule has 1 fully saturated rings. The Morgan fingerprint density at radius 1 is 1.32 bits per heavy atom. The van der Waals surface area contributed by atoms with Gasteiger partial charge in [-0.15, -0.1) is 6.42 Å². The molecule has 1 aliphatic heterocycles. The highest BCUT2D eigenvalue weighted by atomic mass is 32.2. The molecule has 0 aromatic heterocycles. The van der Waals surface area contributed by atoms with Gasteiger partial charge in [-0.25, -0.2) is 0 Å². The maximum absolute atomic E-state index is 12.2. The van der Waals surface area contributed by atoms with E-state index < -0.39 is 0 Å². The van der Waals surface area contributed by atoms with Crippen LogP contribution in [0.1, 0.15) is 11.1 Å². The van der Waals surface area contributed by atoms with Crippen molar-refractivity contribution >= 4 is 29.0 Å². The van der Waals surface area contributed by atoms with E-state index in [9.17, 15) is 9.59 Å². The Balaban J connectivity index is 2.42. The Hall–Kier alpha value is -2.39. The Labute approximate surface area is 133 Å². The minimum atomic E-state index is -0.386. The Morgan fingerprint density at radius 3 is 2.64 bits per heavy atom. The summed E-state index contributed by atoms with van der Waals surface area (Å²) < 4.78 is 10.6. The number of terminal acetylenes is 1. The van der Waals surface area contributed by atoms with Crippen LogP contribution in [-0.4, -0.2) is 36.8 Å². The van der Waals surface area contributed by atoms with E-state index in [0.29, 0.717) is 22.0 Å². The average molecular weight is 317 g/mol. The van der Waals surface area contributed by atoms with Crippen molar-refractivity contribution in [2.75, 3.05) is 20.8 Å². The lowest BCUT2D eigenvalue weighted by Gasteiger charge is -2.12. The molecule has 1 heterocycles. The van der Waals surface area contributed by atoms with Gasteiger partial charge in [0.05, 0.1) is 25.7 Å². The molecular formula is C16H15NO4S. The van der Waals surface area contributed by atoms with Crippen molar-refractivity contribution < 1.29 is 19.1 Å². The first-order chi connectivity index (χ1) is 10.5. The van der Waals surface area contributed by atoms with Crippen molar-refractivity contribution in [3.05, 3.63) is 28.2 Å². The smallest absolute Gasteiger partial charge is 0.294 e. The van der Waals surface area contributed by atoms with Crippen molar-refractivity contribution in [2.24, 2.45) is 0 Å². The van der Waals surface area contributed by atoms with Gasteiger partial charge in [0.2, 0.25) is 0 Å². The van der Waals surface area contributed by atoms with Crippen LogP contribution in [0.3, 0.4) is 0 Å². The number of nitrogens with zero attached hydrogens (tertiary/aromatic N) is 1. The number of methoxy groups -OCH3 is 2. The number of thioether (sulfide) groups is 1. The lowest BCUT2D eigenvalue weighted by atomic mass is 10.1. The summed E-state index contributed by atoms with van der Waals surface area (Å²) in [6, 6.07) is 3.56. The van der Waals surface area contributed by atoms with E-state index in [0.717, 1.165) is 22.2 Å². The zero-order valence-electron chi connectivity index (χ0n) is 12.5. The largest absolute Gasteiger partial charge is 0.496 e. The SMILES string of the molecule is C#CCN1C(=O)S/C(=C\c2ccc(OC)c(C)c2OC)C1=O. The molecule has 0 N–H and O–H groups in total. The summed E-state index contributed by atoms with van der Waals surface area (Å²) in [6.45, 7) is 1.83. The molecule has 0 saturated carbocycles. The molecule has 1 aromatic carbocycles. The lowest BCUT2D eigenvalue weighted by molar-refractivity contribution is -0.122. The molecule has 6 heteroatoms. The molecule has 2 rings (SSSR count). The van der Waals surface area contributed by atoms with Gasteiger partial charge < -0.3 is 9.47 Å². The Kier molecular flexibility index (Phi) is 4.78. The van der Waals surface area contributed by atoms with E-state index >= 15 is 0 Å². The van der Waals surface area contributed by atoms with E-state index in [4.69, 9.17) is 15.9 Å². The van der Waals surface area contributed by atoms with Crippen molar-refractivity contribution in [3.8, 4) is 23.8 Å². The maximum Gasteiger partial charge on any atom is 0.294 e. The summed E-state index contributed by atoms with van der Waals surface area (Å²) >= 11 is 0.868. The fraction of sp³-hybridized carbons (Fsp3) is 0.250. The predicted octanol–water partition coefficient (Wildman–Crippen LogP) is 2.68.